The third-order valence-electron chi connectivity index (χ3n) is 3.80. The van der Waals surface area contributed by atoms with Crippen LogP contribution in [0.5, 0.6) is 0 Å². The standard InChI is InChI=1S/C13H28N2/c1-4-6-9-15(5-2)13-10-11(3)7-8-12(13)14/h11-13H,4-10,14H2,1-3H3. The van der Waals surface area contributed by atoms with Crippen molar-refractivity contribution in [1.29, 1.82) is 0 Å². The Hall–Kier alpha value is -0.0800. The summed E-state index contributed by atoms with van der Waals surface area (Å²) in [5, 5.41) is 0. The smallest absolute Gasteiger partial charge is 0.0249 e. The van der Waals surface area contributed by atoms with Crippen molar-refractivity contribution in [3.63, 3.8) is 0 Å². The van der Waals surface area contributed by atoms with Crippen molar-refractivity contribution in [2.24, 2.45) is 11.7 Å². The number of unbranched alkanes of at least 4 members (excludes halogenated alkanes) is 1. The van der Waals surface area contributed by atoms with Crippen LogP contribution in [0.2, 0.25) is 0 Å². The molecule has 2 nitrogen and oxygen atoms in total. The minimum absolute atomic E-state index is 0.415. The van der Waals surface area contributed by atoms with Crippen LogP contribution < -0.4 is 5.73 Å². The van der Waals surface area contributed by atoms with Crippen molar-refractivity contribution in [1.82, 2.24) is 4.90 Å². The van der Waals surface area contributed by atoms with E-state index in [-0.39, 0.29) is 0 Å². The van der Waals surface area contributed by atoms with Crippen LogP contribution >= 0.6 is 0 Å². The van der Waals surface area contributed by atoms with Gasteiger partial charge in [0.1, 0.15) is 0 Å². The van der Waals surface area contributed by atoms with Gasteiger partial charge in [-0.05, 0) is 44.7 Å². The monoisotopic (exact) mass is 212 g/mol. The van der Waals surface area contributed by atoms with E-state index in [4.69, 9.17) is 5.73 Å². The quantitative estimate of drug-likeness (QED) is 0.759. The van der Waals surface area contributed by atoms with Crippen LogP contribution in [0.25, 0.3) is 0 Å². The maximum absolute atomic E-state index is 6.25. The molecule has 0 spiro atoms. The van der Waals surface area contributed by atoms with Gasteiger partial charge in [0.15, 0.2) is 0 Å². The first-order valence-corrected chi connectivity index (χ1v) is 6.68. The van der Waals surface area contributed by atoms with E-state index in [1.165, 1.54) is 38.6 Å². The average molecular weight is 212 g/mol. The first-order chi connectivity index (χ1) is 7.19. The van der Waals surface area contributed by atoms with Gasteiger partial charge in [0.25, 0.3) is 0 Å². The molecule has 0 bridgehead atoms. The molecule has 0 aromatic rings. The molecule has 0 radical (unpaired) electrons. The second kappa shape index (κ2) is 6.49. The van der Waals surface area contributed by atoms with Crippen molar-refractivity contribution in [2.75, 3.05) is 13.1 Å². The molecule has 1 saturated carbocycles. The molecule has 0 saturated heterocycles. The molecule has 0 aromatic heterocycles. The van der Waals surface area contributed by atoms with E-state index in [2.05, 4.69) is 25.7 Å². The fourth-order valence-corrected chi connectivity index (χ4v) is 2.71. The van der Waals surface area contributed by atoms with Crippen LogP contribution in [-0.2, 0) is 0 Å². The number of likely N-dealkylation sites (N-methyl/N-ethyl adjacent to an activating group) is 1. The Morgan fingerprint density at radius 1 is 1.27 bits per heavy atom. The van der Waals surface area contributed by atoms with Gasteiger partial charge in [-0.1, -0.05) is 27.2 Å². The second-order valence-electron chi connectivity index (χ2n) is 5.13. The number of nitrogens with zero attached hydrogens (tertiary/aromatic N) is 1. The average Bonchev–Trinajstić information content (AvgIpc) is 2.24. The third kappa shape index (κ3) is 3.76. The molecule has 0 aliphatic heterocycles. The Balaban J connectivity index is 2.48. The molecular formula is C13H28N2. The first-order valence-electron chi connectivity index (χ1n) is 6.68. The summed E-state index contributed by atoms with van der Waals surface area (Å²) in [6, 6.07) is 1.06. The number of hydrogen-bond acceptors (Lipinski definition) is 2. The normalized spacial score (nSPS) is 32.2. The molecule has 3 atom stereocenters. The Labute approximate surface area is 95.2 Å². The third-order valence-corrected chi connectivity index (χ3v) is 3.80. The fourth-order valence-electron chi connectivity index (χ4n) is 2.71. The lowest BCUT2D eigenvalue weighted by Crippen LogP contribution is -2.51. The highest BCUT2D eigenvalue weighted by Gasteiger charge is 2.29. The predicted molar refractivity (Wildman–Crippen MR) is 66.9 cm³/mol. The summed E-state index contributed by atoms with van der Waals surface area (Å²) in [5.41, 5.74) is 6.25. The molecule has 3 unspecified atom stereocenters. The van der Waals surface area contributed by atoms with Crippen molar-refractivity contribution in [3.05, 3.63) is 0 Å². The minimum Gasteiger partial charge on any atom is -0.326 e. The summed E-state index contributed by atoms with van der Waals surface area (Å²) < 4.78 is 0. The molecule has 1 fully saturated rings. The number of rotatable bonds is 5. The summed E-state index contributed by atoms with van der Waals surface area (Å²) in [6.45, 7) is 9.29. The number of nitrogens with two attached hydrogens (primary N) is 1. The molecule has 2 N–H and O–H groups in total. The topological polar surface area (TPSA) is 29.3 Å². The molecule has 0 amide bonds. The molecule has 2 heteroatoms. The Kier molecular flexibility index (Phi) is 5.62. The Morgan fingerprint density at radius 3 is 2.60 bits per heavy atom. The van der Waals surface area contributed by atoms with Crippen LogP contribution in [0.4, 0.5) is 0 Å². The van der Waals surface area contributed by atoms with E-state index in [1.807, 2.05) is 0 Å². The Morgan fingerprint density at radius 2 is 2.00 bits per heavy atom. The lowest BCUT2D eigenvalue weighted by Gasteiger charge is -2.40. The lowest BCUT2D eigenvalue weighted by atomic mass is 9.83. The van der Waals surface area contributed by atoms with E-state index >= 15 is 0 Å². The highest BCUT2D eigenvalue weighted by atomic mass is 15.2. The molecule has 1 aliphatic rings. The molecule has 90 valence electrons. The predicted octanol–water partition coefficient (Wildman–Crippen LogP) is 2.62. The van der Waals surface area contributed by atoms with Crippen LogP contribution in [0.3, 0.4) is 0 Å². The first kappa shape index (κ1) is 13.0. The molecule has 0 heterocycles. The van der Waals surface area contributed by atoms with E-state index < -0.39 is 0 Å². The molecular weight excluding hydrogens is 184 g/mol. The summed E-state index contributed by atoms with van der Waals surface area (Å²) in [7, 11) is 0. The zero-order chi connectivity index (χ0) is 11.3. The minimum atomic E-state index is 0.415. The molecule has 0 aromatic carbocycles. The van der Waals surface area contributed by atoms with Crippen molar-refractivity contribution in [3.8, 4) is 0 Å². The van der Waals surface area contributed by atoms with Crippen molar-refractivity contribution in [2.45, 2.75) is 65.0 Å². The van der Waals surface area contributed by atoms with E-state index in [0.717, 1.165) is 12.5 Å². The number of hydrogen-bond donors (Lipinski definition) is 1. The highest BCUT2D eigenvalue weighted by molar-refractivity contribution is 4.87. The van der Waals surface area contributed by atoms with Gasteiger partial charge < -0.3 is 5.73 Å². The van der Waals surface area contributed by atoms with Gasteiger partial charge in [0.05, 0.1) is 0 Å². The van der Waals surface area contributed by atoms with E-state index in [1.54, 1.807) is 0 Å². The summed E-state index contributed by atoms with van der Waals surface area (Å²) in [5.74, 6) is 0.866. The van der Waals surface area contributed by atoms with Crippen LogP contribution in [0.1, 0.15) is 52.9 Å². The van der Waals surface area contributed by atoms with Gasteiger partial charge in [-0.3, -0.25) is 4.90 Å². The maximum Gasteiger partial charge on any atom is 0.0249 e. The Bertz CT molecular complexity index is 170. The van der Waals surface area contributed by atoms with Gasteiger partial charge in [-0.15, -0.1) is 0 Å². The van der Waals surface area contributed by atoms with Crippen molar-refractivity contribution < 1.29 is 0 Å². The summed E-state index contributed by atoms with van der Waals surface area (Å²) in [4.78, 5) is 2.60. The second-order valence-corrected chi connectivity index (χ2v) is 5.13. The lowest BCUT2D eigenvalue weighted by molar-refractivity contribution is 0.120. The molecule has 15 heavy (non-hydrogen) atoms. The fraction of sp³-hybridized carbons (Fsp3) is 1.00. The highest BCUT2D eigenvalue weighted by Crippen LogP contribution is 2.26. The van der Waals surface area contributed by atoms with Gasteiger partial charge in [-0.2, -0.15) is 0 Å². The van der Waals surface area contributed by atoms with Crippen LogP contribution in [-0.4, -0.2) is 30.1 Å². The van der Waals surface area contributed by atoms with Crippen molar-refractivity contribution >= 4 is 0 Å². The summed E-state index contributed by atoms with van der Waals surface area (Å²) >= 11 is 0. The van der Waals surface area contributed by atoms with Gasteiger partial charge in [0, 0.05) is 12.1 Å². The summed E-state index contributed by atoms with van der Waals surface area (Å²) in [6.07, 6.45) is 6.44. The molecule has 1 aliphatic carbocycles. The van der Waals surface area contributed by atoms with Gasteiger partial charge >= 0.3 is 0 Å². The SMILES string of the molecule is CCCCN(CC)C1CC(C)CCC1N. The van der Waals surface area contributed by atoms with Gasteiger partial charge in [-0.25, -0.2) is 0 Å². The maximum atomic E-state index is 6.25. The van der Waals surface area contributed by atoms with E-state index in [9.17, 15) is 0 Å². The molecule has 1 rings (SSSR count). The zero-order valence-corrected chi connectivity index (χ0v) is 10.7. The van der Waals surface area contributed by atoms with Crippen LogP contribution in [0, 0.1) is 5.92 Å². The van der Waals surface area contributed by atoms with Gasteiger partial charge in [0.2, 0.25) is 0 Å². The largest absolute Gasteiger partial charge is 0.326 e. The van der Waals surface area contributed by atoms with E-state index in [0.29, 0.717) is 12.1 Å². The zero-order valence-electron chi connectivity index (χ0n) is 10.7. The van der Waals surface area contributed by atoms with Crippen LogP contribution in [0.15, 0.2) is 0 Å².